The second kappa shape index (κ2) is 8.40. The average molecular weight is 399 g/mol. The summed E-state index contributed by atoms with van der Waals surface area (Å²) in [5, 5.41) is 2.09. The van der Waals surface area contributed by atoms with Gasteiger partial charge in [-0.2, -0.15) is 13.2 Å². The summed E-state index contributed by atoms with van der Waals surface area (Å²) in [5.41, 5.74) is -0.712. The van der Waals surface area contributed by atoms with Crippen LogP contribution in [-0.2, 0) is 10.0 Å². The van der Waals surface area contributed by atoms with Gasteiger partial charge in [-0.3, -0.25) is 9.69 Å². The normalized spacial score (nSPS) is 13.2. The van der Waals surface area contributed by atoms with Crippen molar-refractivity contribution in [3.05, 3.63) is 17.9 Å². The molecular weight excluding hydrogens is 375 g/mol. The summed E-state index contributed by atoms with van der Waals surface area (Å²) >= 11 is 0. The zero-order valence-electron chi connectivity index (χ0n) is 15.1. The number of nitrogens with one attached hydrogen (secondary N) is 2. The molecule has 26 heavy (non-hydrogen) atoms. The van der Waals surface area contributed by atoms with E-state index in [1.165, 1.54) is 19.2 Å². The van der Waals surface area contributed by atoms with E-state index in [0.29, 0.717) is 6.42 Å². The topological polar surface area (TPSA) is 91.7 Å². The van der Waals surface area contributed by atoms with Gasteiger partial charge in [-0.05, 0) is 52.9 Å². The van der Waals surface area contributed by atoms with E-state index in [0.717, 1.165) is 4.90 Å². The number of furan rings is 1. The largest absolute Gasteiger partial charge is 0.438 e. The van der Waals surface area contributed by atoms with Gasteiger partial charge in [-0.1, -0.05) is 0 Å². The Balaban J connectivity index is 2.51. The van der Waals surface area contributed by atoms with Crippen LogP contribution < -0.4 is 10.0 Å². The molecule has 0 aliphatic rings. The molecule has 1 rings (SSSR count). The fraction of sp³-hybridized carbons (Fsp3) is 0.667. The minimum Gasteiger partial charge on any atom is -0.438 e. The van der Waals surface area contributed by atoms with Crippen LogP contribution in [0.25, 0.3) is 0 Å². The van der Waals surface area contributed by atoms with E-state index in [-0.39, 0.29) is 23.9 Å². The molecule has 0 bridgehead atoms. The summed E-state index contributed by atoms with van der Waals surface area (Å²) in [4.78, 5) is 13.0. The number of rotatable bonds is 8. The molecule has 150 valence electrons. The molecular formula is C15H24F3N3O4S. The molecule has 0 fully saturated rings. The number of nitrogens with zero attached hydrogens (tertiary/aromatic N) is 1. The van der Waals surface area contributed by atoms with Gasteiger partial charge in [0.1, 0.15) is 0 Å². The molecule has 0 aliphatic heterocycles. The van der Waals surface area contributed by atoms with Gasteiger partial charge < -0.3 is 9.73 Å². The van der Waals surface area contributed by atoms with Crippen LogP contribution in [0.15, 0.2) is 21.6 Å². The summed E-state index contributed by atoms with van der Waals surface area (Å²) in [6.07, 6.45) is -3.97. The molecule has 0 saturated heterocycles. The first-order valence-electron chi connectivity index (χ1n) is 7.87. The third-order valence-corrected chi connectivity index (χ3v) is 4.59. The van der Waals surface area contributed by atoms with Gasteiger partial charge in [0.2, 0.25) is 5.09 Å². The maximum Gasteiger partial charge on any atom is 0.401 e. The molecule has 1 amide bonds. The van der Waals surface area contributed by atoms with Crippen molar-refractivity contribution in [1.82, 2.24) is 14.9 Å². The number of alkyl halides is 3. The number of amides is 1. The maximum atomic E-state index is 12.2. The van der Waals surface area contributed by atoms with Crippen LogP contribution in [0.4, 0.5) is 13.2 Å². The van der Waals surface area contributed by atoms with Gasteiger partial charge in [0, 0.05) is 12.1 Å². The molecule has 0 aliphatic carbocycles. The Hall–Kier alpha value is -1.59. The molecule has 0 atom stereocenters. The number of sulfonamides is 1. The van der Waals surface area contributed by atoms with Crippen LogP contribution in [0.1, 0.15) is 37.7 Å². The summed E-state index contributed by atoms with van der Waals surface area (Å²) in [5.74, 6) is -0.830. The van der Waals surface area contributed by atoms with Crippen molar-refractivity contribution >= 4 is 15.9 Å². The second-order valence-electron chi connectivity index (χ2n) is 6.94. The Labute approximate surface area is 151 Å². The molecule has 2 N–H and O–H groups in total. The van der Waals surface area contributed by atoms with E-state index in [2.05, 4.69) is 10.0 Å². The molecule has 0 radical (unpaired) electrons. The Morgan fingerprint density at radius 2 is 1.85 bits per heavy atom. The van der Waals surface area contributed by atoms with Gasteiger partial charge in [0.05, 0.1) is 6.54 Å². The number of hydrogen-bond donors (Lipinski definition) is 2. The van der Waals surface area contributed by atoms with Crippen molar-refractivity contribution in [3.63, 3.8) is 0 Å². The van der Waals surface area contributed by atoms with Crippen molar-refractivity contribution in [3.8, 4) is 0 Å². The van der Waals surface area contributed by atoms with Crippen molar-refractivity contribution in [1.29, 1.82) is 0 Å². The minimum atomic E-state index is -4.27. The lowest BCUT2D eigenvalue weighted by atomic mass is 10.1. The minimum absolute atomic E-state index is 0.129. The van der Waals surface area contributed by atoms with Crippen LogP contribution in [0.3, 0.4) is 0 Å². The third-order valence-electron chi connectivity index (χ3n) is 2.96. The molecule has 1 aromatic rings. The third kappa shape index (κ3) is 8.19. The molecule has 0 aromatic carbocycles. The fourth-order valence-corrected chi connectivity index (χ4v) is 3.42. The number of hydrogen-bond acceptors (Lipinski definition) is 5. The highest BCUT2D eigenvalue weighted by atomic mass is 32.2. The number of carbonyl (C=O) groups is 1. The molecule has 0 saturated carbocycles. The van der Waals surface area contributed by atoms with E-state index < -0.39 is 34.2 Å². The summed E-state index contributed by atoms with van der Waals surface area (Å²) in [6.45, 7) is 4.24. The molecule has 0 unspecified atom stereocenters. The van der Waals surface area contributed by atoms with Gasteiger partial charge in [-0.25, -0.2) is 13.1 Å². The maximum absolute atomic E-state index is 12.2. The van der Waals surface area contributed by atoms with E-state index in [1.54, 1.807) is 20.8 Å². The Morgan fingerprint density at radius 1 is 1.23 bits per heavy atom. The molecule has 11 heteroatoms. The predicted octanol–water partition coefficient (Wildman–Crippen LogP) is 1.97. The van der Waals surface area contributed by atoms with Crippen LogP contribution in [0.2, 0.25) is 0 Å². The average Bonchev–Trinajstić information content (AvgIpc) is 2.89. The summed E-state index contributed by atoms with van der Waals surface area (Å²) < 4.78 is 68.2. The SMILES string of the molecule is CN(CCCNC(=O)c1ccc(S(=O)(=O)NC(C)(C)C)o1)CC(F)(F)F. The van der Waals surface area contributed by atoms with Crippen molar-refractivity contribution in [2.45, 2.75) is 44.0 Å². The molecule has 1 heterocycles. The van der Waals surface area contributed by atoms with Crippen LogP contribution in [0.5, 0.6) is 0 Å². The quantitative estimate of drug-likeness (QED) is 0.652. The first-order chi connectivity index (χ1) is 11.7. The van der Waals surface area contributed by atoms with Gasteiger partial charge in [0.25, 0.3) is 15.9 Å². The predicted molar refractivity (Wildman–Crippen MR) is 89.3 cm³/mol. The highest BCUT2D eigenvalue weighted by Crippen LogP contribution is 2.17. The van der Waals surface area contributed by atoms with Crippen LogP contribution in [-0.4, -0.2) is 57.6 Å². The second-order valence-corrected chi connectivity index (χ2v) is 8.55. The Bertz CT molecular complexity index is 708. The zero-order valence-corrected chi connectivity index (χ0v) is 15.9. The first-order valence-corrected chi connectivity index (χ1v) is 9.35. The van der Waals surface area contributed by atoms with Crippen molar-refractivity contribution in [2.75, 3.05) is 26.7 Å². The Morgan fingerprint density at radius 3 is 2.38 bits per heavy atom. The van der Waals surface area contributed by atoms with E-state index in [9.17, 15) is 26.4 Å². The smallest absolute Gasteiger partial charge is 0.401 e. The highest BCUT2D eigenvalue weighted by Gasteiger charge is 2.29. The molecule has 7 nitrogen and oxygen atoms in total. The van der Waals surface area contributed by atoms with E-state index in [1.807, 2.05) is 0 Å². The molecule has 0 spiro atoms. The Kier molecular flexibility index (Phi) is 7.25. The van der Waals surface area contributed by atoms with Gasteiger partial charge in [-0.15, -0.1) is 0 Å². The van der Waals surface area contributed by atoms with Crippen LogP contribution >= 0.6 is 0 Å². The fourth-order valence-electron chi connectivity index (χ4n) is 2.06. The van der Waals surface area contributed by atoms with Crippen molar-refractivity contribution in [2.24, 2.45) is 0 Å². The lowest BCUT2D eigenvalue weighted by Gasteiger charge is -2.19. The van der Waals surface area contributed by atoms with Crippen molar-refractivity contribution < 1.29 is 30.8 Å². The lowest BCUT2D eigenvalue weighted by molar-refractivity contribution is -0.143. The number of carbonyl (C=O) groups excluding carboxylic acids is 1. The summed E-state index contributed by atoms with van der Waals surface area (Å²) in [7, 11) is -2.56. The number of halogens is 3. The lowest BCUT2D eigenvalue weighted by Crippen LogP contribution is -2.40. The van der Waals surface area contributed by atoms with Crippen LogP contribution in [0, 0.1) is 0 Å². The van der Waals surface area contributed by atoms with Gasteiger partial charge in [0.15, 0.2) is 5.76 Å². The standard InChI is InChI=1S/C15H24F3N3O4S/c1-14(2,3)20-26(23,24)12-7-6-11(25-12)13(22)19-8-5-9-21(4)10-15(16,17)18/h6-7,20H,5,8-10H2,1-4H3,(H,19,22). The zero-order chi connectivity index (χ0) is 20.2. The highest BCUT2D eigenvalue weighted by molar-refractivity contribution is 7.89. The van der Waals surface area contributed by atoms with Gasteiger partial charge >= 0.3 is 6.18 Å². The van der Waals surface area contributed by atoms with E-state index >= 15 is 0 Å². The first kappa shape index (κ1) is 22.5. The van der Waals surface area contributed by atoms with E-state index in [4.69, 9.17) is 4.42 Å². The summed E-state index contributed by atoms with van der Waals surface area (Å²) in [6, 6.07) is 2.39. The molecule has 1 aromatic heterocycles. The monoisotopic (exact) mass is 399 g/mol.